The highest BCUT2D eigenvalue weighted by molar-refractivity contribution is 5.77. The van der Waals surface area contributed by atoms with Gasteiger partial charge in [0.05, 0.1) is 17.7 Å². The number of hydrogen-bond donors (Lipinski definition) is 0. The topological polar surface area (TPSA) is 83.1 Å². The Morgan fingerprint density at radius 2 is 1.39 bits per heavy atom. The highest BCUT2D eigenvalue weighted by Crippen LogP contribution is 2.32. The third kappa shape index (κ3) is 3.21. The summed E-state index contributed by atoms with van der Waals surface area (Å²) in [6, 6.07) is 24.1. The van der Waals surface area contributed by atoms with Crippen molar-refractivity contribution in [3.63, 3.8) is 0 Å². The van der Waals surface area contributed by atoms with Crippen LogP contribution in [0.5, 0.6) is 5.75 Å². The van der Waals surface area contributed by atoms with Gasteiger partial charge in [0.15, 0.2) is 5.75 Å². The van der Waals surface area contributed by atoms with Gasteiger partial charge < -0.3 is 4.74 Å². The van der Waals surface area contributed by atoms with Crippen LogP contribution >= 0.6 is 0 Å². The van der Waals surface area contributed by atoms with Gasteiger partial charge in [-0.2, -0.15) is 4.80 Å². The summed E-state index contributed by atoms with van der Waals surface area (Å²) < 4.78 is 5.07. The van der Waals surface area contributed by atoms with Crippen LogP contribution in [0.3, 0.4) is 0 Å². The molecule has 0 N–H and O–H groups in total. The van der Waals surface area contributed by atoms with Crippen molar-refractivity contribution in [3.8, 4) is 34.0 Å². The van der Waals surface area contributed by atoms with E-state index < -0.39 is 4.92 Å². The van der Waals surface area contributed by atoms with Gasteiger partial charge in [-0.25, -0.2) is 0 Å². The number of methoxy groups -OCH3 is 1. The summed E-state index contributed by atoms with van der Waals surface area (Å²) in [5, 5.41) is 20.6. The number of aromatic nitrogens is 3. The Balaban J connectivity index is 1.89. The van der Waals surface area contributed by atoms with Crippen molar-refractivity contribution in [2.75, 3.05) is 7.11 Å². The zero-order valence-electron chi connectivity index (χ0n) is 15.0. The molecule has 7 heteroatoms. The van der Waals surface area contributed by atoms with Crippen LogP contribution in [0, 0.1) is 10.1 Å². The van der Waals surface area contributed by atoms with Crippen molar-refractivity contribution >= 4 is 5.69 Å². The molecule has 0 radical (unpaired) electrons. The normalized spacial score (nSPS) is 10.6. The van der Waals surface area contributed by atoms with Crippen molar-refractivity contribution in [2.24, 2.45) is 0 Å². The summed E-state index contributed by atoms with van der Waals surface area (Å²) in [4.78, 5) is 12.3. The van der Waals surface area contributed by atoms with Crippen molar-refractivity contribution in [3.05, 3.63) is 89.0 Å². The second kappa shape index (κ2) is 7.32. The predicted octanol–water partition coefficient (Wildman–Crippen LogP) is 4.52. The van der Waals surface area contributed by atoms with E-state index in [-0.39, 0.29) is 11.4 Å². The molecule has 28 heavy (non-hydrogen) atoms. The highest BCUT2D eigenvalue weighted by Gasteiger charge is 2.19. The average molecular weight is 372 g/mol. The fraction of sp³-hybridized carbons (Fsp3) is 0.0476. The van der Waals surface area contributed by atoms with Crippen molar-refractivity contribution in [2.45, 2.75) is 0 Å². The number of hydrogen-bond acceptors (Lipinski definition) is 5. The lowest BCUT2D eigenvalue weighted by Crippen LogP contribution is -2.01. The van der Waals surface area contributed by atoms with Crippen LogP contribution in [-0.2, 0) is 0 Å². The van der Waals surface area contributed by atoms with Crippen LogP contribution in [0.15, 0.2) is 78.9 Å². The smallest absolute Gasteiger partial charge is 0.313 e. The first-order valence-corrected chi connectivity index (χ1v) is 8.58. The lowest BCUT2D eigenvalue weighted by Gasteiger charge is -2.04. The third-order valence-corrected chi connectivity index (χ3v) is 4.30. The summed E-state index contributed by atoms with van der Waals surface area (Å²) in [6.07, 6.45) is 0. The summed E-state index contributed by atoms with van der Waals surface area (Å²) in [5.41, 5.74) is 3.56. The fourth-order valence-electron chi connectivity index (χ4n) is 2.95. The van der Waals surface area contributed by atoms with Gasteiger partial charge in [0.25, 0.3) is 0 Å². The van der Waals surface area contributed by atoms with Crippen LogP contribution in [0.2, 0.25) is 0 Å². The average Bonchev–Trinajstić information content (AvgIpc) is 3.20. The van der Waals surface area contributed by atoms with Crippen LogP contribution in [0.1, 0.15) is 0 Å². The van der Waals surface area contributed by atoms with Gasteiger partial charge in [-0.3, -0.25) is 10.1 Å². The molecular formula is C21H16N4O3. The molecule has 1 aromatic heterocycles. The molecule has 0 aliphatic rings. The minimum atomic E-state index is -0.484. The van der Waals surface area contributed by atoms with Gasteiger partial charge in [-0.1, -0.05) is 60.7 Å². The van der Waals surface area contributed by atoms with Crippen molar-refractivity contribution in [1.82, 2.24) is 15.0 Å². The monoisotopic (exact) mass is 372 g/mol. The third-order valence-electron chi connectivity index (χ3n) is 4.30. The Labute approximate surface area is 161 Å². The molecule has 0 fully saturated rings. The van der Waals surface area contributed by atoms with Gasteiger partial charge >= 0.3 is 5.69 Å². The van der Waals surface area contributed by atoms with E-state index in [1.165, 1.54) is 18.0 Å². The largest absolute Gasteiger partial charge is 0.490 e. The van der Waals surface area contributed by atoms with Gasteiger partial charge in [0.1, 0.15) is 11.4 Å². The van der Waals surface area contributed by atoms with E-state index in [9.17, 15) is 10.1 Å². The van der Waals surface area contributed by atoms with E-state index >= 15 is 0 Å². The molecule has 0 atom stereocenters. The molecule has 0 amide bonds. The first kappa shape index (κ1) is 17.4. The lowest BCUT2D eigenvalue weighted by molar-refractivity contribution is -0.385. The van der Waals surface area contributed by atoms with Crippen molar-refractivity contribution in [1.29, 1.82) is 0 Å². The Morgan fingerprint density at radius 1 is 0.857 bits per heavy atom. The Bertz CT molecular complexity index is 1070. The molecule has 0 saturated heterocycles. The molecule has 0 spiro atoms. The zero-order valence-corrected chi connectivity index (χ0v) is 15.0. The predicted molar refractivity (Wildman–Crippen MR) is 105 cm³/mol. The van der Waals surface area contributed by atoms with Crippen LogP contribution in [0.25, 0.3) is 28.2 Å². The quantitative estimate of drug-likeness (QED) is 0.380. The number of nitro groups is 1. The van der Waals surface area contributed by atoms with Gasteiger partial charge in [-0.05, 0) is 12.1 Å². The molecule has 0 aliphatic carbocycles. The molecule has 0 bridgehead atoms. The first-order valence-electron chi connectivity index (χ1n) is 8.58. The van der Waals surface area contributed by atoms with Crippen LogP contribution < -0.4 is 4.74 Å². The minimum absolute atomic E-state index is 0.139. The molecule has 7 nitrogen and oxygen atoms in total. The van der Waals surface area contributed by atoms with Gasteiger partial charge in [-0.15, -0.1) is 10.2 Å². The summed E-state index contributed by atoms with van der Waals surface area (Å²) in [6.45, 7) is 0. The maximum absolute atomic E-state index is 11.4. The standard InChI is InChI=1S/C21H16N4O3/c1-28-19-13-12-17(14-18(19)25(26)27)24-22-20(15-8-4-2-5-9-15)21(23-24)16-10-6-3-7-11-16/h2-14H,1H3. The molecule has 0 unspecified atom stereocenters. The summed E-state index contributed by atoms with van der Waals surface area (Å²) in [5.74, 6) is 0.187. The number of nitrogens with zero attached hydrogens (tertiary/aromatic N) is 4. The second-order valence-corrected chi connectivity index (χ2v) is 6.03. The Kier molecular flexibility index (Phi) is 4.55. The molecule has 0 saturated carbocycles. The Morgan fingerprint density at radius 3 is 1.86 bits per heavy atom. The van der Waals surface area contributed by atoms with Crippen LogP contribution in [-0.4, -0.2) is 27.0 Å². The van der Waals surface area contributed by atoms with Gasteiger partial charge in [0, 0.05) is 17.2 Å². The maximum atomic E-state index is 11.4. The number of nitro benzene ring substituents is 1. The number of rotatable bonds is 5. The molecule has 138 valence electrons. The van der Waals surface area contributed by atoms with E-state index in [0.29, 0.717) is 17.1 Å². The Hall–Kier alpha value is -4.00. The van der Waals surface area contributed by atoms with E-state index in [0.717, 1.165) is 11.1 Å². The molecule has 4 rings (SSSR count). The van der Waals surface area contributed by atoms with Crippen molar-refractivity contribution < 1.29 is 9.66 Å². The summed E-state index contributed by atoms with van der Waals surface area (Å²) in [7, 11) is 1.40. The zero-order chi connectivity index (χ0) is 19.5. The molecule has 3 aromatic carbocycles. The number of ether oxygens (including phenoxy) is 1. The minimum Gasteiger partial charge on any atom is -0.490 e. The maximum Gasteiger partial charge on any atom is 0.313 e. The van der Waals surface area contributed by atoms with E-state index in [4.69, 9.17) is 4.74 Å². The SMILES string of the molecule is COc1ccc(-n2nc(-c3ccccc3)c(-c3ccccc3)n2)cc1[N+](=O)[O-]. The lowest BCUT2D eigenvalue weighted by atomic mass is 10.1. The number of benzene rings is 3. The van der Waals surface area contributed by atoms with E-state index in [1.807, 2.05) is 60.7 Å². The molecule has 0 aliphatic heterocycles. The summed E-state index contributed by atoms with van der Waals surface area (Å²) >= 11 is 0. The fourth-order valence-corrected chi connectivity index (χ4v) is 2.95. The molecule has 4 aromatic rings. The van der Waals surface area contributed by atoms with Crippen LogP contribution in [0.4, 0.5) is 5.69 Å². The first-order chi connectivity index (χ1) is 13.7. The second-order valence-electron chi connectivity index (χ2n) is 6.03. The molecule has 1 heterocycles. The van der Waals surface area contributed by atoms with Gasteiger partial charge in [0.2, 0.25) is 0 Å². The van der Waals surface area contributed by atoms with E-state index in [2.05, 4.69) is 10.2 Å². The van der Waals surface area contributed by atoms with E-state index in [1.54, 1.807) is 12.1 Å². The highest BCUT2D eigenvalue weighted by atomic mass is 16.6. The molecular weight excluding hydrogens is 356 g/mol.